The summed E-state index contributed by atoms with van der Waals surface area (Å²) in [6.45, 7) is 5.35. The van der Waals surface area contributed by atoms with Crippen LogP contribution in [0.2, 0.25) is 0 Å². The van der Waals surface area contributed by atoms with Gasteiger partial charge in [-0.05, 0) is 19.5 Å². The molecule has 0 radical (unpaired) electrons. The third-order valence-corrected chi connectivity index (χ3v) is 3.82. The molecule has 2 aromatic rings. The van der Waals surface area contributed by atoms with Gasteiger partial charge in [0.2, 0.25) is 0 Å². The van der Waals surface area contributed by atoms with Crippen LogP contribution in [0.15, 0.2) is 12.4 Å². The molecule has 0 aromatic carbocycles. The van der Waals surface area contributed by atoms with Gasteiger partial charge in [0.05, 0.1) is 6.54 Å². The van der Waals surface area contributed by atoms with Gasteiger partial charge in [0, 0.05) is 25.5 Å². The van der Waals surface area contributed by atoms with Crippen molar-refractivity contribution in [3.05, 3.63) is 17.4 Å². The van der Waals surface area contributed by atoms with Crippen LogP contribution in [0.25, 0.3) is 10.5 Å². The van der Waals surface area contributed by atoms with Gasteiger partial charge in [-0.2, -0.15) is 0 Å². The maximum absolute atomic E-state index is 4.52. The minimum Gasteiger partial charge on any atom is -0.315 e. The van der Waals surface area contributed by atoms with Crippen LogP contribution in [0, 0.1) is 0 Å². The number of fused-ring (bicyclic) bond motifs is 1. The van der Waals surface area contributed by atoms with E-state index >= 15 is 0 Å². The Labute approximate surface area is 104 Å². The van der Waals surface area contributed by atoms with E-state index in [1.165, 1.54) is 6.42 Å². The van der Waals surface area contributed by atoms with E-state index in [0.717, 1.165) is 48.2 Å². The molecular formula is C11H15N5S. The van der Waals surface area contributed by atoms with E-state index in [4.69, 9.17) is 0 Å². The van der Waals surface area contributed by atoms with Gasteiger partial charge in [0.1, 0.15) is 5.01 Å². The topological polar surface area (TPSA) is 53.9 Å². The average molecular weight is 249 g/mol. The van der Waals surface area contributed by atoms with Gasteiger partial charge < -0.3 is 5.32 Å². The first kappa shape index (κ1) is 11.0. The molecular weight excluding hydrogens is 234 g/mol. The number of aromatic nitrogens is 3. The zero-order chi connectivity index (χ0) is 11.5. The fourth-order valence-electron chi connectivity index (χ4n) is 2.04. The van der Waals surface area contributed by atoms with E-state index in [2.05, 4.69) is 25.2 Å². The number of rotatable bonds is 2. The van der Waals surface area contributed by atoms with E-state index in [9.17, 15) is 0 Å². The van der Waals surface area contributed by atoms with Crippen molar-refractivity contribution in [3.8, 4) is 0 Å². The summed E-state index contributed by atoms with van der Waals surface area (Å²) < 4.78 is 0. The fourth-order valence-corrected chi connectivity index (χ4v) is 2.94. The van der Waals surface area contributed by atoms with Gasteiger partial charge in [-0.25, -0.2) is 15.0 Å². The lowest BCUT2D eigenvalue weighted by Crippen LogP contribution is -2.27. The molecule has 0 aliphatic carbocycles. The van der Waals surface area contributed by atoms with Gasteiger partial charge >= 0.3 is 0 Å². The first-order chi connectivity index (χ1) is 8.42. The number of hydrogen-bond donors (Lipinski definition) is 1. The number of hydrogen-bond acceptors (Lipinski definition) is 6. The Morgan fingerprint density at radius 1 is 1.24 bits per heavy atom. The highest BCUT2D eigenvalue weighted by Crippen LogP contribution is 2.19. The Kier molecular flexibility index (Phi) is 3.26. The highest BCUT2D eigenvalue weighted by molar-refractivity contribution is 7.18. The predicted octanol–water partition coefficient (Wildman–Crippen LogP) is 0.882. The lowest BCUT2D eigenvalue weighted by atomic mass is 10.4. The molecule has 90 valence electrons. The van der Waals surface area contributed by atoms with Crippen molar-refractivity contribution < 1.29 is 0 Å². The largest absolute Gasteiger partial charge is 0.315 e. The summed E-state index contributed by atoms with van der Waals surface area (Å²) in [5.41, 5.74) is 0.778. The Morgan fingerprint density at radius 2 is 2.18 bits per heavy atom. The summed E-state index contributed by atoms with van der Waals surface area (Å²) in [6.07, 6.45) is 4.63. The summed E-state index contributed by atoms with van der Waals surface area (Å²) in [6, 6.07) is 0. The molecule has 0 amide bonds. The normalized spacial score (nSPS) is 18.4. The van der Waals surface area contributed by atoms with Gasteiger partial charge in [0.25, 0.3) is 0 Å². The molecule has 1 saturated heterocycles. The van der Waals surface area contributed by atoms with E-state index in [1.807, 2.05) is 0 Å². The highest BCUT2D eigenvalue weighted by atomic mass is 32.1. The van der Waals surface area contributed by atoms with Gasteiger partial charge in [-0.1, -0.05) is 11.3 Å². The highest BCUT2D eigenvalue weighted by Gasteiger charge is 2.12. The SMILES string of the molecule is c1cnc2sc(CN3CCCNCC3)nc2n1. The maximum atomic E-state index is 4.52. The molecule has 0 bridgehead atoms. The standard InChI is InChI=1S/C11H15N5S/c1-2-12-5-7-16(6-1)8-9-15-10-11(17-9)14-4-3-13-10/h3-4,12H,1-2,5-8H2. The minimum atomic E-state index is 0.778. The van der Waals surface area contributed by atoms with Gasteiger partial charge in [-0.15, -0.1) is 0 Å². The third-order valence-electron chi connectivity index (χ3n) is 2.88. The van der Waals surface area contributed by atoms with E-state index < -0.39 is 0 Å². The molecule has 5 nitrogen and oxygen atoms in total. The van der Waals surface area contributed by atoms with E-state index in [-0.39, 0.29) is 0 Å². The second-order valence-electron chi connectivity index (χ2n) is 4.17. The summed E-state index contributed by atoms with van der Waals surface area (Å²) >= 11 is 1.65. The molecule has 2 aromatic heterocycles. The van der Waals surface area contributed by atoms with E-state index in [0.29, 0.717) is 0 Å². The number of thiazole rings is 1. The predicted molar refractivity (Wildman–Crippen MR) is 68.0 cm³/mol. The Hall–Kier alpha value is -1.11. The molecule has 3 rings (SSSR count). The van der Waals surface area contributed by atoms with Crippen molar-refractivity contribution >= 4 is 21.8 Å². The van der Waals surface area contributed by atoms with Crippen molar-refractivity contribution in [1.82, 2.24) is 25.2 Å². The molecule has 1 fully saturated rings. The van der Waals surface area contributed by atoms with Gasteiger partial charge in [0.15, 0.2) is 10.5 Å². The monoisotopic (exact) mass is 249 g/mol. The summed E-state index contributed by atoms with van der Waals surface area (Å²) in [5.74, 6) is 0. The van der Waals surface area contributed by atoms with Crippen molar-refractivity contribution in [2.24, 2.45) is 0 Å². The van der Waals surface area contributed by atoms with Crippen LogP contribution < -0.4 is 5.32 Å². The molecule has 1 N–H and O–H groups in total. The lowest BCUT2D eigenvalue weighted by Gasteiger charge is -2.17. The smallest absolute Gasteiger partial charge is 0.189 e. The molecule has 0 spiro atoms. The van der Waals surface area contributed by atoms with Crippen LogP contribution in [-0.4, -0.2) is 46.0 Å². The Bertz CT molecular complexity index is 456. The molecule has 0 unspecified atom stereocenters. The molecule has 1 aliphatic heterocycles. The average Bonchev–Trinajstić information content (AvgIpc) is 2.57. The lowest BCUT2D eigenvalue weighted by molar-refractivity contribution is 0.284. The minimum absolute atomic E-state index is 0.778. The fraction of sp³-hybridized carbons (Fsp3) is 0.545. The van der Waals surface area contributed by atoms with Crippen molar-refractivity contribution in [2.75, 3.05) is 26.2 Å². The number of nitrogens with zero attached hydrogens (tertiary/aromatic N) is 4. The maximum Gasteiger partial charge on any atom is 0.189 e. The van der Waals surface area contributed by atoms with Crippen molar-refractivity contribution in [2.45, 2.75) is 13.0 Å². The van der Waals surface area contributed by atoms with Crippen molar-refractivity contribution in [3.63, 3.8) is 0 Å². The quantitative estimate of drug-likeness (QED) is 0.856. The molecule has 17 heavy (non-hydrogen) atoms. The van der Waals surface area contributed by atoms with Crippen LogP contribution in [0.1, 0.15) is 11.4 Å². The summed E-state index contributed by atoms with van der Waals surface area (Å²) in [7, 11) is 0. The molecule has 0 saturated carbocycles. The van der Waals surface area contributed by atoms with E-state index in [1.54, 1.807) is 23.7 Å². The molecule has 3 heterocycles. The summed E-state index contributed by atoms with van der Waals surface area (Å²) in [4.78, 5) is 16.4. The van der Waals surface area contributed by atoms with Crippen LogP contribution >= 0.6 is 11.3 Å². The second-order valence-corrected chi connectivity index (χ2v) is 5.23. The van der Waals surface area contributed by atoms with Crippen LogP contribution in [0.5, 0.6) is 0 Å². The Morgan fingerprint density at radius 3 is 3.12 bits per heavy atom. The number of nitrogens with one attached hydrogen (secondary N) is 1. The summed E-state index contributed by atoms with van der Waals surface area (Å²) in [5, 5.41) is 4.52. The first-order valence-electron chi connectivity index (χ1n) is 5.91. The zero-order valence-corrected chi connectivity index (χ0v) is 10.4. The Balaban J connectivity index is 1.75. The zero-order valence-electron chi connectivity index (χ0n) is 9.59. The van der Waals surface area contributed by atoms with Crippen LogP contribution in [-0.2, 0) is 6.54 Å². The van der Waals surface area contributed by atoms with Crippen LogP contribution in [0.4, 0.5) is 0 Å². The molecule has 1 aliphatic rings. The van der Waals surface area contributed by atoms with Crippen LogP contribution in [0.3, 0.4) is 0 Å². The second kappa shape index (κ2) is 5.03. The third kappa shape index (κ3) is 2.59. The van der Waals surface area contributed by atoms with Gasteiger partial charge in [-0.3, -0.25) is 4.90 Å². The molecule has 0 atom stereocenters. The van der Waals surface area contributed by atoms with Crippen molar-refractivity contribution in [1.29, 1.82) is 0 Å². The molecule has 6 heteroatoms. The first-order valence-corrected chi connectivity index (χ1v) is 6.73.